The monoisotopic (exact) mass is 330 g/mol. The zero-order valence-electron chi connectivity index (χ0n) is 12.9. The van der Waals surface area contributed by atoms with E-state index in [0.717, 1.165) is 31.7 Å². The minimum atomic E-state index is 0.210. The summed E-state index contributed by atoms with van der Waals surface area (Å²) >= 11 is 12.5. The van der Waals surface area contributed by atoms with E-state index >= 15 is 0 Å². The van der Waals surface area contributed by atoms with Gasteiger partial charge in [0.1, 0.15) is 0 Å². The predicted molar refractivity (Wildman–Crippen MR) is 89.3 cm³/mol. The van der Waals surface area contributed by atoms with Crippen LogP contribution < -0.4 is 5.32 Å². The number of hydrogen-bond donors (Lipinski definition) is 1. The average Bonchev–Trinajstić information content (AvgIpc) is 2.47. The summed E-state index contributed by atoms with van der Waals surface area (Å²) < 4.78 is 5.68. The highest BCUT2D eigenvalue weighted by Gasteiger charge is 2.24. The van der Waals surface area contributed by atoms with Gasteiger partial charge in [-0.25, -0.2) is 0 Å². The Kier molecular flexibility index (Phi) is 6.33. The number of nitrogens with one attached hydrogen (secondary N) is 1. The van der Waals surface area contributed by atoms with Crippen molar-refractivity contribution in [1.82, 2.24) is 10.2 Å². The molecule has 3 nitrogen and oxygen atoms in total. The second-order valence-electron chi connectivity index (χ2n) is 5.76. The first kappa shape index (κ1) is 17.0. The average molecular weight is 331 g/mol. The molecule has 1 heterocycles. The fraction of sp³-hybridized carbons (Fsp3) is 0.625. The molecule has 1 aliphatic rings. The van der Waals surface area contributed by atoms with Crippen molar-refractivity contribution in [1.29, 1.82) is 0 Å². The first-order valence-corrected chi connectivity index (χ1v) is 8.25. The van der Waals surface area contributed by atoms with E-state index in [4.69, 9.17) is 27.9 Å². The molecule has 1 aromatic carbocycles. The van der Waals surface area contributed by atoms with Crippen molar-refractivity contribution in [3.05, 3.63) is 33.8 Å². The van der Waals surface area contributed by atoms with Crippen LogP contribution in [0.25, 0.3) is 0 Å². The third-order valence-corrected chi connectivity index (χ3v) is 4.98. The summed E-state index contributed by atoms with van der Waals surface area (Å²) in [6.07, 6.45) is 1.30. The Morgan fingerprint density at radius 1 is 1.38 bits per heavy atom. The van der Waals surface area contributed by atoms with E-state index in [0.29, 0.717) is 22.2 Å². The van der Waals surface area contributed by atoms with Gasteiger partial charge in [0.15, 0.2) is 0 Å². The molecular weight excluding hydrogens is 307 g/mol. The van der Waals surface area contributed by atoms with Gasteiger partial charge in [-0.05, 0) is 38.9 Å². The Morgan fingerprint density at radius 3 is 2.86 bits per heavy atom. The minimum absolute atomic E-state index is 0.210. The highest BCUT2D eigenvalue weighted by molar-refractivity contribution is 6.42. The first-order chi connectivity index (χ1) is 10.0. The maximum absolute atomic E-state index is 6.33. The molecule has 0 aromatic heterocycles. The van der Waals surface area contributed by atoms with E-state index in [9.17, 15) is 0 Å². The van der Waals surface area contributed by atoms with Crippen molar-refractivity contribution in [3.63, 3.8) is 0 Å². The van der Waals surface area contributed by atoms with Crippen LogP contribution in [0.3, 0.4) is 0 Å². The highest BCUT2D eigenvalue weighted by Crippen LogP contribution is 2.31. The van der Waals surface area contributed by atoms with Gasteiger partial charge in [0.05, 0.1) is 22.8 Å². The number of rotatable bonds is 5. The Morgan fingerprint density at radius 2 is 2.14 bits per heavy atom. The summed E-state index contributed by atoms with van der Waals surface area (Å²) in [5.41, 5.74) is 1.07. The number of halogens is 2. The lowest BCUT2D eigenvalue weighted by molar-refractivity contribution is -0.0502. The molecule has 3 unspecified atom stereocenters. The number of hydrogen-bond acceptors (Lipinski definition) is 3. The van der Waals surface area contributed by atoms with Gasteiger partial charge in [0.2, 0.25) is 0 Å². The van der Waals surface area contributed by atoms with Gasteiger partial charge in [0.25, 0.3) is 0 Å². The normalized spacial score (nSPS) is 25.0. The molecule has 2 rings (SSSR count). The molecule has 0 aliphatic carbocycles. The van der Waals surface area contributed by atoms with Crippen molar-refractivity contribution in [3.8, 4) is 0 Å². The molecular formula is C16H24Cl2N2O. The van der Waals surface area contributed by atoms with Crippen LogP contribution in [-0.4, -0.2) is 43.8 Å². The number of nitrogens with zero attached hydrogens (tertiary/aromatic N) is 1. The number of benzene rings is 1. The largest absolute Gasteiger partial charge is 0.376 e. The van der Waals surface area contributed by atoms with E-state index in [2.05, 4.69) is 24.1 Å². The Balaban J connectivity index is 2.01. The molecule has 0 spiro atoms. The molecule has 1 fully saturated rings. The molecule has 1 saturated heterocycles. The predicted octanol–water partition coefficient (Wildman–Crippen LogP) is 3.75. The lowest BCUT2D eigenvalue weighted by Gasteiger charge is -2.37. The molecule has 118 valence electrons. The first-order valence-electron chi connectivity index (χ1n) is 7.49. The molecule has 0 saturated carbocycles. The minimum Gasteiger partial charge on any atom is -0.376 e. The Bertz CT molecular complexity index is 470. The van der Waals surface area contributed by atoms with E-state index in [1.54, 1.807) is 0 Å². The van der Waals surface area contributed by atoms with E-state index in [-0.39, 0.29) is 6.04 Å². The summed E-state index contributed by atoms with van der Waals surface area (Å²) in [5, 5.41) is 4.62. The molecule has 0 radical (unpaired) electrons. The van der Waals surface area contributed by atoms with Crippen LogP contribution in [0.1, 0.15) is 31.9 Å². The quantitative estimate of drug-likeness (QED) is 0.889. The molecule has 3 atom stereocenters. The van der Waals surface area contributed by atoms with Gasteiger partial charge in [-0.3, -0.25) is 4.90 Å². The van der Waals surface area contributed by atoms with Gasteiger partial charge < -0.3 is 10.1 Å². The van der Waals surface area contributed by atoms with Gasteiger partial charge >= 0.3 is 0 Å². The van der Waals surface area contributed by atoms with Crippen LogP contribution in [0, 0.1) is 0 Å². The lowest BCUT2D eigenvalue weighted by Crippen LogP contribution is -2.48. The van der Waals surface area contributed by atoms with E-state index in [1.165, 1.54) is 0 Å². The lowest BCUT2D eigenvalue weighted by atomic mass is 10.0. The summed E-state index contributed by atoms with van der Waals surface area (Å²) in [7, 11) is 1.97. The van der Waals surface area contributed by atoms with E-state index in [1.807, 2.05) is 25.2 Å². The maximum atomic E-state index is 6.33. The second-order valence-corrected chi connectivity index (χ2v) is 6.55. The highest BCUT2D eigenvalue weighted by atomic mass is 35.5. The molecule has 0 amide bonds. The van der Waals surface area contributed by atoms with Crippen molar-refractivity contribution < 1.29 is 4.74 Å². The smallest absolute Gasteiger partial charge is 0.0674 e. The van der Waals surface area contributed by atoms with E-state index < -0.39 is 0 Å². The van der Waals surface area contributed by atoms with Crippen molar-refractivity contribution in [2.45, 2.75) is 38.5 Å². The molecule has 5 heteroatoms. The maximum Gasteiger partial charge on any atom is 0.0674 e. The van der Waals surface area contributed by atoms with Crippen LogP contribution in [0.4, 0.5) is 0 Å². The zero-order valence-corrected chi connectivity index (χ0v) is 14.4. The fourth-order valence-corrected chi connectivity index (χ4v) is 3.26. The van der Waals surface area contributed by atoms with Gasteiger partial charge in [0, 0.05) is 25.2 Å². The van der Waals surface area contributed by atoms with Crippen LogP contribution in [0.15, 0.2) is 18.2 Å². The standard InChI is InChI=1S/C16H24Cl2N2O/c1-11-10-21-12(2)9-20(11)8-7-15(19-3)13-5-4-6-14(17)16(13)18/h4-6,11-12,15,19H,7-10H2,1-3H3. The summed E-state index contributed by atoms with van der Waals surface area (Å²) in [5.74, 6) is 0. The molecule has 1 aliphatic heterocycles. The number of ether oxygens (including phenoxy) is 1. The van der Waals surface area contributed by atoms with Gasteiger partial charge in [-0.15, -0.1) is 0 Å². The number of morpholine rings is 1. The Labute approximate surface area is 137 Å². The van der Waals surface area contributed by atoms with Crippen molar-refractivity contribution >= 4 is 23.2 Å². The van der Waals surface area contributed by atoms with Crippen molar-refractivity contribution in [2.24, 2.45) is 0 Å². The fourth-order valence-electron chi connectivity index (χ4n) is 2.82. The van der Waals surface area contributed by atoms with Crippen LogP contribution >= 0.6 is 23.2 Å². The Hall–Kier alpha value is -0.320. The summed E-state index contributed by atoms with van der Waals surface area (Å²) in [4.78, 5) is 2.48. The third kappa shape index (κ3) is 4.33. The molecule has 0 bridgehead atoms. The topological polar surface area (TPSA) is 24.5 Å². The third-order valence-electron chi connectivity index (χ3n) is 4.15. The molecule has 21 heavy (non-hydrogen) atoms. The van der Waals surface area contributed by atoms with Crippen LogP contribution in [-0.2, 0) is 4.74 Å². The van der Waals surface area contributed by atoms with Gasteiger partial charge in [-0.1, -0.05) is 35.3 Å². The van der Waals surface area contributed by atoms with Crippen molar-refractivity contribution in [2.75, 3.05) is 26.7 Å². The zero-order chi connectivity index (χ0) is 15.4. The van der Waals surface area contributed by atoms with Crippen LogP contribution in [0.5, 0.6) is 0 Å². The SMILES string of the molecule is CNC(CCN1CC(C)OCC1C)c1cccc(Cl)c1Cl. The molecule has 1 N–H and O–H groups in total. The summed E-state index contributed by atoms with van der Waals surface area (Å²) in [6.45, 7) is 7.16. The summed E-state index contributed by atoms with van der Waals surface area (Å²) in [6, 6.07) is 6.50. The molecule has 1 aromatic rings. The van der Waals surface area contributed by atoms with Gasteiger partial charge in [-0.2, -0.15) is 0 Å². The second kappa shape index (κ2) is 7.80. The van der Waals surface area contributed by atoms with Crippen LogP contribution in [0.2, 0.25) is 10.0 Å².